The fraction of sp³-hybridized carbons (Fsp3) is 0.148. The Bertz CT molecular complexity index is 1960. The molecule has 0 fully saturated rings. The number of benzene rings is 1. The number of aliphatic imine (C=N–C) groups is 1. The minimum absolute atomic E-state index is 0.143. The van der Waals surface area contributed by atoms with Crippen LogP contribution in [0.4, 0.5) is 27.3 Å². The summed E-state index contributed by atoms with van der Waals surface area (Å²) in [5, 5.41) is 7.21. The molecule has 216 valence electrons. The van der Waals surface area contributed by atoms with Gasteiger partial charge in [-0.3, -0.25) is 9.59 Å². The van der Waals surface area contributed by atoms with Gasteiger partial charge in [0.25, 0.3) is 0 Å². The van der Waals surface area contributed by atoms with Gasteiger partial charge in [-0.2, -0.15) is 0 Å². The molecule has 43 heavy (non-hydrogen) atoms. The first-order valence-corrected chi connectivity index (χ1v) is 13.9. The molecule has 6 aromatic rings. The van der Waals surface area contributed by atoms with Crippen molar-refractivity contribution in [2.45, 2.75) is 25.9 Å². The van der Waals surface area contributed by atoms with E-state index in [1.807, 2.05) is 36.4 Å². The molecule has 1 aromatic carbocycles. The molecular formula is C27H25N13O2S. The summed E-state index contributed by atoms with van der Waals surface area (Å²) in [6, 6.07) is 11.0. The number of hydrogen-bond donors (Lipinski definition) is 4. The molecular weight excluding hydrogens is 570 g/mol. The maximum Gasteiger partial charge on any atom is 0.226 e. The number of nitrogens with one attached hydrogen (secondary N) is 2. The summed E-state index contributed by atoms with van der Waals surface area (Å²) in [4.78, 5) is 54.1. The Morgan fingerprint density at radius 2 is 1.35 bits per heavy atom. The molecule has 5 aromatic heterocycles. The molecule has 0 aliphatic heterocycles. The molecule has 0 unspecified atom stereocenters. The number of imidazole rings is 2. The summed E-state index contributed by atoms with van der Waals surface area (Å²) in [6.07, 6.45) is 8.13. The van der Waals surface area contributed by atoms with Crippen molar-refractivity contribution >= 4 is 79.0 Å². The normalized spacial score (nSPS) is 11.4. The number of hydrogen-bond acceptors (Lipinski definition) is 12. The zero-order valence-electron chi connectivity index (χ0n) is 22.6. The number of nitrogens with two attached hydrogens (primary N) is 2. The smallest absolute Gasteiger partial charge is 0.226 e. The van der Waals surface area contributed by atoms with E-state index in [0.717, 1.165) is 10.6 Å². The van der Waals surface area contributed by atoms with Crippen molar-refractivity contribution in [3.8, 4) is 0 Å². The second-order valence-electron chi connectivity index (χ2n) is 9.35. The van der Waals surface area contributed by atoms with Crippen LogP contribution in [0.2, 0.25) is 0 Å². The van der Waals surface area contributed by atoms with E-state index in [0.29, 0.717) is 57.7 Å². The number of nitrogens with zero attached hydrogens (tertiary/aromatic N) is 9. The maximum absolute atomic E-state index is 12.5. The van der Waals surface area contributed by atoms with Gasteiger partial charge in [-0.05, 0) is 29.8 Å². The summed E-state index contributed by atoms with van der Waals surface area (Å²) in [6.45, 7) is 0.803. The van der Waals surface area contributed by atoms with E-state index in [1.165, 1.54) is 24.0 Å². The van der Waals surface area contributed by atoms with Gasteiger partial charge in [0.2, 0.25) is 11.8 Å². The second kappa shape index (κ2) is 12.0. The van der Waals surface area contributed by atoms with E-state index in [2.05, 4.69) is 45.5 Å². The number of anilines is 4. The van der Waals surface area contributed by atoms with Crippen LogP contribution < -0.4 is 22.1 Å². The van der Waals surface area contributed by atoms with Gasteiger partial charge in [0, 0.05) is 37.8 Å². The molecule has 6 N–H and O–H groups in total. The molecule has 0 atom stereocenters. The third kappa shape index (κ3) is 6.28. The number of carbonyl (C=O) groups excluding carboxylic acids is 2. The Hall–Kier alpha value is -5.77. The lowest BCUT2D eigenvalue weighted by Crippen LogP contribution is -2.14. The minimum Gasteiger partial charge on any atom is -0.382 e. The summed E-state index contributed by atoms with van der Waals surface area (Å²) in [5.41, 5.74) is 15.4. The van der Waals surface area contributed by atoms with Crippen molar-refractivity contribution in [1.82, 2.24) is 39.0 Å². The van der Waals surface area contributed by atoms with Crippen LogP contribution in [0.15, 0.2) is 66.7 Å². The second-order valence-corrected chi connectivity index (χ2v) is 10.4. The third-order valence-corrected chi connectivity index (χ3v) is 7.32. The predicted octanol–water partition coefficient (Wildman–Crippen LogP) is 3.00. The molecule has 0 saturated heterocycles. The van der Waals surface area contributed by atoms with Crippen LogP contribution >= 0.6 is 11.3 Å². The summed E-state index contributed by atoms with van der Waals surface area (Å²) >= 11 is 1.36. The van der Waals surface area contributed by atoms with Crippen molar-refractivity contribution in [2.75, 3.05) is 22.1 Å². The molecule has 15 nitrogen and oxygen atoms in total. The maximum atomic E-state index is 12.5. The molecule has 6 rings (SSSR count). The van der Waals surface area contributed by atoms with E-state index >= 15 is 0 Å². The summed E-state index contributed by atoms with van der Waals surface area (Å²) in [7, 11) is 0. The summed E-state index contributed by atoms with van der Waals surface area (Å²) in [5.74, 6) is 0.321. The fourth-order valence-corrected chi connectivity index (χ4v) is 5.01. The Morgan fingerprint density at radius 1 is 0.767 bits per heavy atom. The average Bonchev–Trinajstić information content (AvgIpc) is 3.74. The highest BCUT2D eigenvalue weighted by Gasteiger charge is 2.11. The highest BCUT2D eigenvalue weighted by Crippen LogP contribution is 2.29. The molecule has 0 aliphatic rings. The number of aryl methyl sites for hydroxylation is 2. The van der Waals surface area contributed by atoms with Crippen LogP contribution in [0.25, 0.3) is 22.3 Å². The highest BCUT2D eigenvalue weighted by molar-refractivity contribution is 7.19. The topological polar surface area (TPSA) is 210 Å². The molecule has 5 heterocycles. The lowest BCUT2D eigenvalue weighted by atomic mass is 10.2. The number of fused-ring (bicyclic) bond motifs is 2. The number of nitrogen functional groups attached to an aromatic ring is 2. The van der Waals surface area contributed by atoms with Crippen LogP contribution in [0.5, 0.6) is 0 Å². The number of thiophene rings is 1. The minimum atomic E-state index is -0.143. The Kier molecular flexibility index (Phi) is 7.64. The lowest BCUT2D eigenvalue weighted by Gasteiger charge is -2.06. The molecule has 16 heteroatoms. The van der Waals surface area contributed by atoms with Crippen molar-refractivity contribution in [2.24, 2.45) is 4.99 Å². The number of amides is 2. The van der Waals surface area contributed by atoms with Crippen LogP contribution in [-0.4, -0.2) is 57.1 Å². The molecule has 2 amide bonds. The third-order valence-electron chi connectivity index (χ3n) is 6.41. The van der Waals surface area contributed by atoms with Crippen molar-refractivity contribution in [3.63, 3.8) is 0 Å². The van der Waals surface area contributed by atoms with Crippen LogP contribution in [0.1, 0.15) is 18.4 Å². The van der Waals surface area contributed by atoms with E-state index in [9.17, 15) is 9.59 Å². The van der Waals surface area contributed by atoms with E-state index < -0.39 is 0 Å². The van der Waals surface area contributed by atoms with Crippen molar-refractivity contribution in [3.05, 3.63) is 67.3 Å². The first-order valence-electron chi connectivity index (χ1n) is 13.1. The van der Waals surface area contributed by atoms with Crippen LogP contribution in [-0.2, 0) is 22.7 Å². The monoisotopic (exact) mass is 595 g/mol. The lowest BCUT2D eigenvalue weighted by molar-refractivity contribution is -0.117. The van der Waals surface area contributed by atoms with Crippen LogP contribution in [0.3, 0.4) is 0 Å². The molecule has 0 spiro atoms. The van der Waals surface area contributed by atoms with Gasteiger partial charge >= 0.3 is 0 Å². The zero-order valence-corrected chi connectivity index (χ0v) is 23.4. The number of aromatic nitrogens is 8. The van der Waals surface area contributed by atoms with Gasteiger partial charge in [0.05, 0.1) is 17.7 Å². The van der Waals surface area contributed by atoms with E-state index in [-0.39, 0.29) is 24.7 Å². The van der Waals surface area contributed by atoms with E-state index in [1.54, 1.807) is 28.0 Å². The average molecular weight is 596 g/mol. The molecule has 0 saturated carbocycles. The van der Waals surface area contributed by atoms with Gasteiger partial charge in [-0.15, -0.1) is 0 Å². The predicted molar refractivity (Wildman–Crippen MR) is 164 cm³/mol. The number of rotatable bonds is 10. The fourth-order valence-electron chi connectivity index (χ4n) is 4.25. The highest BCUT2D eigenvalue weighted by atomic mass is 32.1. The van der Waals surface area contributed by atoms with E-state index in [4.69, 9.17) is 11.5 Å². The molecule has 0 bridgehead atoms. The molecule has 0 aliphatic carbocycles. The largest absolute Gasteiger partial charge is 0.382 e. The summed E-state index contributed by atoms with van der Waals surface area (Å²) < 4.78 is 3.54. The van der Waals surface area contributed by atoms with Gasteiger partial charge < -0.3 is 31.2 Å². The number of carbonyl (C=O) groups is 2. The van der Waals surface area contributed by atoms with Crippen molar-refractivity contribution < 1.29 is 9.59 Å². The SMILES string of the molecule is Nc1ncnc2c1ncn2CCC(=O)Nc1ccc(/C=N/c2ccc(NC(=O)CCn3cnc4c(N)ncnc43)s2)cc1. The van der Waals surface area contributed by atoms with Gasteiger partial charge in [-0.1, -0.05) is 23.5 Å². The Balaban J connectivity index is 0.970. The van der Waals surface area contributed by atoms with Gasteiger partial charge in [0.1, 0.15) is 28.7 Å². The standard InChI is InChI=1S/C27H25N13O2S/c28-24-22-26(33-12-31-24)39(14-35-22)9-7-18(41)37-17-3-1-16(2-4-17)11-30-20-5-6-21(43-20)38-19(42)8-10-40-15-36-23-25(29)32-13-34-27(23)40/h1-6,11-15H,7-10H2,(H,37,41)(H,38,42)(H2,28,31,33)(H2,29,32,34)/b30-11+. The Morgan fingerprint density at radius 3 is 1.95 bits per heavy atom. The first kappa shape index (κ1) is 27.4. The van der Waals surface area contributed by atoms with Gasteiger partial charge in [0.15, 0.2) is 22.9 Å². The van der Waals surface area contributed by atoms with Crippen molar-refractivity contribution in [1.29, 1.82) is 0 Å². The molecule has 0 radical (unpaired) electrons. The zero-order chi connectivity index (χ0) is 29.8. The van der Waals surface area contributed by atoms with Crippen LogP contribution in [0, 0.1) is 0 Å². The first-order chi connectivity index (χ1) is 20.9. The van der Waals surface area contributed by atoms with Gasteiger partial charge in [-0.25, -0.2) is 34.9 Å². The quantitative estimate of drug-likeness (QED) is 0.170. The Labute approximate surface area is 247 Å².